The average Bonchev–Trinajstić information content (AvgIpc) is 2.68. The molecule has 0 radical (unpaired) electrons. The number of fused-ring (bicyclic) bond motifs is 1. The molecule has 0 amide bonds. The van der Waals surface area contributed by atoms with Crippen LogP contribution in [0.5, 0.6) is 5.75 Å². The van der Waals surface area contributed by atoms with E-state index < -0.39 is 5.63 Å². The van der Waals surface area contributed by atoms with Crippen LogP contribution >= 0.6 is 11.6 Å². The Bertz CT molecular complexity index is 1150. The van der Waals surface area contributed by atoms with Crippen molar-refractivity contribution in [1.29, 1.82) is 0 Å². The number of ether oxygens (including phenoxy) is 1. The first-order chi connectivity index (χ1) is 12.7. The molecule has 0 saturated heterocycles. The smallest absolute Gasteiger partial charge is 0.347 e. The molecule has 5 heteroatoms. The maximum atomic E-state index is 12.5. The zero-order valence-corrected chi connectivity index (χ0v) is 14.7. The van der Waals surface area contributed by atoms with Crippen molar-refractivity contribution in [2.45, 2.75) is 0 Å². The number of para-hydroxylation sites is 1. The summed E-state index contributed by atoms with van der Waals surface area (Å²) in [6, 6.07) is 20.2. The van der Waals surface area contributed by atoms with Crippen molar-refractivity contribution in [3.63, 3.8) is 0 Å². The zero-order valence-electron chi connectivity index (χ0n) is 13.9. The Hall–Kier alpha value is -3.11. The molecule has 3 aromatic carbocycles. The lowest BCUT2D eigenvalue weighted by molar-refractivity contribution is 0.413. The highest BCUT2D eigenvalue weighted by molar-refractivity contribution is 6.30. The van der Waals surface area contributed by atoms with Crippen LogP contribution in [0.25, 0.3) is 33.5 Å². The van der Waals surface area contributed by atoms with Gasteiger partial charge in [0.15, 0.2) is 0 Å². The fraction of sp³-hybridized carbons (Fsp3) is 0.0476. The highest BCUT2D eigenvalue weighted by Crippen LogP contribution is 2.29. The molecule has 0 unspecified atom stereocenters. The van der Waals surface area contributed by atoms with Gasteiger partial charge in [0.2, 0.25) is 5.89 Å². The van der Waals surface area contributed by atoms with Gasteiger partial charge in [-0.1, -0.05) is 41.9 Å². The number of methoxy groups -OCH3 is 1. The Kier molecular flexibility index (Phi) is 4.19. The Morgan fingerprint density at radius 1 is 0.962 bits per heavy atom. The van der Waals surface area contributed by atoms with Gasteiger partial charge in [0, 0.05) is 5.02 Å². The van der Waals surface area contributed by atoms with Gasteiger partial charge in [-0.05, 0) is 47.5 Å². The van der Waals surface area contributed by atoms with Crippen LogP contribution in [-0.4, -0.2) is 12.1 Å². The maximum Gasteiger partial charge on any atom is 0.347 e. The summed E-state index contributed by atoms with van der Waals surface area (Å²) in [5.74, 6) is 0.833. The van der Waals surface area contributed by atoms with E-state index in [4.69, 9.17) is 20.8 Å². The van der Waals surface area contributed by atoms with Crippen LogP contribution < -0.4 is 10.4 Å². The molecule has 0 spiro atoms. The summed E-state index contributed by atoms with van der Waals surface area (Å²) in [5, 5.41) is 1.09. The number of rotatable bonds is 3. The van der Waals surface area contributed by atoms with Crippen LogP contribution in [0.1, 0.15) is 0 Å². The van der Waals surface area contributed by atoms with Crippen molar-refractivity contribution in [2.24, 2.45) is 0 Å². The lowest BCUT2D eigenvalue weighted by Gasteiger charge is -2.08. The molecule has 128 valence electrons. The van der Waals surface area contributed by atoms with Crippen LogP contribution in [0.15, 0.2) is 75.9 Å². The monoisotopic (exact) mass is 363 g/mol. The molecule has 26 heavy (non-hydrogen) atoms. The van der Waals surface area contributed by atoms with Crippen molar-refractivity contribution in [3.8, 4) is 28.3 Å². The predicted molar refractivity (Wildman–Crippen MR) is 103 cm³/mol. The van der Waals surface area contributed by atoms with Crippen LogP contribution in [0.3, 0.4) is 0 Å². The summed E-state index contributed by atoms with van der Waals surface area (Å²) in [7, 11) is 1.57. The highest BCUT2D eigenvalue weighted by atomic mass is 35.5. The van der Waals surface area contributed by atoms with E-state index in [1.165, 1.54) is 0 Å². The molecule has 0 aliphatic heterocycles. The third-order valence-electron chi connectivity index (χ3n) is 4.14. The van der Waals surface area contributed by atoms with Gasteiger partial charge in [-0.15, -0.1) is 0 Å². The highest BCUT2D eigenvalue weighted by Gasteiger charge is 2.13. The molecule has 0 aliphatic carbocycles. The van der Waals surface area contributed by atoms with Gasteiger partial charge < -0.3 is 9.15 Å². The molecule has 4 nitrogen and oxygen atoms in total. The first-order valence-corrected chi connectivity index (χ1v) is 8.38. The van der Waals surface area contributed by atoms with Gasteiger partial charge in [0.25, 0.3) is 0 Å². The summed E-state index contributed by atoms with van der Waals surface area (Å²) in [6.07, 6.45) is 0. The van der Waals surface area contributed by atoms with Gasteiger partial charge in [-0.3, -0.25) is 0 Å². The summed E-state index contributed by atoms with van der Waals surface area (Å²) >= 11 is 5.93. The molecule has 0 saturated carbocycles. The van der Waals surface area contributed by atoms with Crippen LogP contribution in [-0.2, 0) is 0 Å². The Balaban J connectivity index is 1.85. The van der Waals surface area contributed by atoms with Gasteiger partial charge in [-0.25, -0.2) is 9.78 Å². The second-order valence-corrected chi connectivity index (χ2v) is 6.18. The van der Waals surface area contributed by atoms with Gasteiger partial charge in [0.1, 0.15) is 5.75 Å². The first kappa shape index (κ1) is 16.4. The standard InChI is InChI=1S/C21H14ClNO3/c1-25-19-5-3-2-4-16(19)20-23-18-11-8-14(12-17(18)21(24)26-20)13-6-9-15(22)10-7-13/h2-12H,1H3. The zero-order chi connectivity index (χ0) is 18.1. The Morgan fingerprint density at radius 3 is 2.46 bits per heavy atom. The number of hydrogen-bond donors (Lipinski definition) is 0. The molecular formula is C21H14ClNO3. The molecule has 0 fully saturated rings. The summed E-state index contributed by atoms with van der Waals surface area (Å²) in [4.78, 5) is 17.0. The molecule has 1 heterocycles. The lowest BCUT2D eigenvalue weighted by atomic mass is 10.0. The van der Waals surface area contributed by atoms with Crippen molar-refractivity contribution in [2.75, 3.05) is 7.11 Å². The molecule has 0 bridgehead atoms. The van der Waals surface area contributed by atoms with Gasteiger partial charge in [0.05, 0.1) is 23.6 Å². The van der Waals surface area contributed by atoms with Gasteiger partial charge >= 0.3 is 5.63 Å². The van der Waals surface area contributed by atoms with Crippen molar-refractivity contribution < 1.29 is 9.15 Å². The molecule has 4 rings (SSSR count). The van der Waals surface area contributed by atoms with Crippen LogP contribution in [0, 0.1) is 0 Å². The summed E-state index contributed by atoms with van der Waals surface area (Å²) in [5.41, 5.74) is 2.63. The number of halogens is 1. The molecule has 0 atom stereocenters. The third kappa shape index (κ3) is 2.95. The SMILES string of the molecule is COc1ccccc1-c1nc2ccc(-c3ccc(Cl)cc3)cc2c(=O)o1. The molecule has 4 aromatic rings. The van der Waals surface area contributed by atoms with Crippen LogP contribution in [0.4, 0.5) is 0 Å². The Labute approximate surface area is 154 Å². The number of benzene rings is 3. The van der Waals surface area contributed by atoms with Crippen molar-refractivity contribution in [3.05, 3.63) is 82.2 Å². The fourth-order valence-corrected chi connectivity index (χ4v) is 2.96. The minimum atomic E-state index is -0.438. The summed E-state index contributed by atoms with van der Waals surface area (Å²) < 4.78 is 10.8. The number of hydrogen-bond acceptors (Lipinski definition) is 4. The third-order valence-corrected chi connectivity index (χ3v) is 4.39. The van der Waals surface area contributed by atoms with Crippen molar-refractivity contribution >= 4 is 22.5 Å². The van der Waals surface area contributed by atoms with E-state index in [1.807, 2.05) is 48.5 Å². The largest absolute Gasteiger partial charge is 0.496 e. The van der Waals surface area contributed by atoms with E-state index in [1.54, 1.807) is 25.3 Å². The lowest BCUT2D eigenvalue weighted by Crippen LogP contribution is -2.03. The van der Waals surface area contributed by atoms with E-state index in [0.29, 0.717) is 27.2 Å². The number of nitrogens with zero attached hydrogens (tertiary/aromatic N) is 1. The molecular weight excluding hydrogens is 350 g/mol. The van der Waals surface area contributed by atoms with Crippen molar-refractivity contribution in [1.82, 2.24) is 4.98 Å². The Morgan fingerprint density at radius 2 is 1.69 bits per heavy atom. The number of aromatic nitrogens is 1. The molecule has 0 aliphatic rings. The second kappa shape index (κ2) is 6.65. The molecule has 1 aromatic heterocycles. The first-order valence-electron chi connectivity index (χ1n) is 8.00. The van der Waals surface area contributed by atoms with E-state index >= 15 is 0 Å². The quantitative estimate of drug-likeness (QED) is 0.503. The second-order valence-electron chi connectivity index (χ2n) is 5.75. The minimum Gasteiger partial charge on any atom is -0.496 e. The van der Waals surface area contributed by atoms with Gasteiger partial charge in [-0.2, -0.15) is 0 Å². The fourth-order valence-electron chi connectivity index (χ4n) is 2.83. The van der Waals surface area contributed by atoms with E-state index in [0.717, 1.165) is 11.1 Å². The maximum absolute atomic E-state index is 12.5. The van der Waals surface area contributed by atoms with E-state index in [2.05, 4.69) is 4.98 Å². The topological polar surface area (TPSA) is 52.3 Å². The van der Waals surface area contributed by atoms with E-state index in [9.17, 15) is 4.79 Å². The summed E-state index contributed by atoms with van der Waals surface area (Å²) in [6.45, 7) is 0. The predicted octanol–water partition coefficient (Wildman–Crippen LogP) is 5.18. The normalized spacial score (nSPS) is 10.8. The minimum absolute atomic E-state index is 0.235. The molecule has 0 N–H and O–H groups in total. The van der Waals surface area contributed by atoms with Crippen LogP contribution in [0.2, 0.25) is 5.02 Å². The van der Waals surface area contributed by atoms with E-state index in [-0.39, 0.29) is 5.89 Å². The average molecular weight is 364 g/mol.